The molecule has 3 nitrogen and oxygen atoms in total. The molecule has 0 bridgehead atoms. The lowest BCUT2D eigenvalue weighted by Gasteiger charge is -2.20. The fourth-order valence-electron chi connectivity index (χ4n) is 2.84. The van der Waals surface area contributed by atoms with E-state index in [1.807, 2.05) is 20.8 Å². The summed E-state index contributed by atoms with van der Waals surface area (Å²) >= 11 is 12.4. The van der Waals surface area contributed by atoms with Gasteiger partial charge in [0.05, 0.1) is 11.5 Å². The summed E-state index contributed by atoms with van der Waals surface area (Å²) in [4.78, 5) is 12.5. The van der Waals surface area contributed by atoms with Crippen LogP contribution in [0.3, 0.4) is 0 Å². The highest BCUT2D eigenvalue weighted by Crippen LogP contribution is 2.70. The van der Waals surface area contributed by atoms with Gasteiger partial charge in [0.25, 0.3) is 0 Å². The van der Waals surface area contributed by atoms with E-state index in [1.54, 1.807) is 12.1 Å². The molecule has 1 aliphatic carbocycles. The largest absolute Gasteiger partial charge is 0.491 e. The second kappa shape index (κ2) is 6.25. The number of alkyl halides is 2. The first-order valence-corrected chi connectivity index (χ1v) is 8.08. The number of carbonyl (C=O) groups excluding carboxylic acids is 1. The Morgan fingerprint density at radius 2 is 1.95 bits per heavy atom. The van der Waals surface area contributed by atoms with Crippen molar-refractivity contribution < 1.29 is 13.9 Å². The van der Waals surface area contributed by atoms with Crippen LogP contribution in [0, 0.1) is 17.2 Å². The minimum Gasteiger partial charge on any atom is -0.491 e. The van der Waals surface area contributed by atoms with Crippen molar-refractivity contribution in [1.82, 2.24) is 5.32 Å². The van der Waals surface area contributed by atoms with Crippen LogP contribution in [0.15, 0.2) is 24.3 Å². The van der Waals surface area contributed by atoms with E-state index >= 15 is 0 Å². The summed E-state index contributed by atoms with van der Waals surface area (Å²) in [6.07, 6.45) is 0.582. The van der Waals surface area contributed by atoms with Gasteiger partial charge in [0, 0.05) is 5.92 Å². The number of nitrogens with one attached hydrogen (secondary N) is 1. The van der Waals surface area contributed by atoms with Crippen LogP contribution in [0.2, 0.25) is 0 Å². The summed E-state index contributed by atoms with van der Waals surface area (Å²) in [5, 5.41) is 2.89. The van der Waals surface area contributed by atoms with Crippen molar-refractivity contribution >= 4 is 29.1 Å². The van der Waals surface area contributed by atoms with Crippen molar-refractivity contribution in [1.29, 1.82) is 0 Å². The molecular formula is C16H20Cl2FNO2. The predicted molar refractivity (Wildman–Crippen MR) is 85.8 cm³/mol. The topological polar surface area (TPSA) is 38.3 Å². The number of halogens is 3. The Kier molecular flexibility index (Phi) is 4.93. The van der Waals surface area contributed by atoms with Gasteiger partial charge < -0.3 is 10.1 Å². The van der Waals surface area contributed by atoms with Gasteiger partial charge in [0.1, 0.15) is 22.5 Å². The molecule has 1 aromatic rings. The van der Waals surface area contributed by atoms with Gasteiger partial charge in [-0.2, -0.15) is 0 Å². The van der Waals surface area contributed by atoms with Crippen molar-refractivity contribution in [3.8, 4) is 5.75 Å². The molecule has 1 amide bonds. The molecule has 0 unspecified atom stereocenters. The third kappa shape index (κ3) is 2.91. The maximum Gasteiger partial charge on any atom is 0.229 e. The minimum absolute atomic E-state index is 0.0847. The van der Waals surface area contributed by atoms with E-state index in [9.17, 15) is 9.18 Å². The molecule has 3 atom stereocenters. The summed E-state index contributed by atoms with van der Waals surface area (Å²) in [5.74, 6) is -0.000316. The quantitative estimate of drug-likeness (QED) is 0.791. The highest BCUT2D eigenvalue weighted by atomic mass is 35.5. The molecule has 1 N–H and O–H groups in total. The van der Waals surface area contributed by atoms with Gasteiger partial charge in [-0.15, -0.1) is 23.2 Å². The van der Waals surface area contributed by atoms with Gasteiger partial charge in [-0.25, -0.2) is 4.39 Å². The van der Waals surface area contributed by atoms with E-state index in [2.05, 4.69) is 5.32 Å². The third-order valence-corrected chi connectivity index (χ3v) is 5.78. The Morgan fingerprint density at radius 3 is 2.41 bits per heavy atom. The Hall–Kier alpha value is -1.00. The van der Waals surface area contributed by atoms with Crippen molar-refractivity contribution in [2.24, 2.45) is 11.3 Å². The second-order valence-electron chi connectivity index (χ2n) is 5.81. The standard InChI is InChI=1S/C16H20Cl2FNO2/c1-4-15(11(3)16(15,17)18)14(21)20-10(2)9-22-13-7-5-12(19)6-8-13/h5-8,10-11H,4,9H2,1-3H3,(H,20,21)/t10-,11-,15-/m1/s1. The lowest BCUT2D eigenvalue weighted by atomic mass is 9.99. The molecular weight excluding hydrogens is 328 g/mol. The van der Waals surface area contributed by atoms with Crippen molar-refractivity contribution in [3.63, 3.8) is 0 Å². The number of hydrogen-bond acceptors (Lipinski definition) is 2. The number of benzene rings is 1. The van der Waals surface area contributed by atoms with E-state index in [0.29, 0.717) is 12.2 Å². The molecule has 22 heavy (non-hydrogen) atoms. The van der Waals surface area contributed by atoms with Crippen LogP contribution in [0.1, 0.15) is 27.2 Å². The number of hydrogen-bond donors (Lipinski definition) is 1. The zero-order valence-corrected chi connectivity index (χ0v) is 14.3. The molecule has 0 radical (unpaired) electrons. The molecule has 0 saturated heterocycles. The molecule has 0 heterocycles. The van der Waals surface area contributed by atoms with Crippen LogP contribution >= 0.6 is 23.2 Å². The van der Waals surface area contributed by atoms with Crippen LogP contribution in [-0.2, 0) is 4.79 Å². The van der Waals surface area contributed by atoms with E-state index in [4.69, 9.17) is 27.9 Å². The summed E-state index contributed by atoms with van der Waals surface area (Å²) in [6, 6.07) is 5.53. The minimum atomic E-state index is -1.01. The average molecular weight is 348 g/mol. The molecule has 0 aromatic heterocycles. The highest BCUT2D eigenvalue weighted by Gasteiger charge is 2.76. The first-order valence-electron chi connectivity index (χ1n) is 7.32. The second-order valence-corrected chi connectivity index (χ2v) is 7.19. The van der Waals surface area contributed by atoms with Crippen LogP contribution in [-0.4, -0.2) is 22.9 Å². The number of amides is 1. The van der Waals surface area contributed by atoms with Gasteiger partial charge >= 0.3 is 0 Å². The molecule has 1 saturated carbocycles. The van der Waals surface area contributed by atoms with Gasteiger partial charge in [-0.3, -0.25) is 4.79 Å². The Labute approximate surface area is 140 Å². The molecule has 6 heteroatoms. The fraction of sp³-hybridized carbons (Fsp3) is 0.562. The van der Waals surface area contributed by atoms with Crippen molar-refractivity contribution in [2.75, 3.05) is 6.61 Å². The van der Waals surface area contributed by atoms with E-state index in [0.717, 1.165) is 0 Å². The maximum absolute atomic E-state index is 12.8. The molecule has 122 valence electrons. The molecule has 1 aromatic carbocycles. The predicted octanol–water partition coefficient (Wildman–Crippen LogP) is 3.93. The normalized spacial score (nSPS) is 27.1. The Bertz CT molecular complexity index is 550. The van der Waals surface area contributed by atoms with Crippen LogP contribution in [0.25, 0.3) is 0 Å². The molecule has 0 aliphatic heterocycles. The monoisotopic (exact) mass is 347 g/mol. The van der Waals surface area contributed by atoms with Gasteiger partial charge in [0.2, 0.25) is 5.91 Å². The third-order valence-electron chi connectivity index (χ3n) is 4.45. The van der Waals surface area contributed by atoms with Crippen molar-refractivity contribution in [2.45, 2.75) is 37.6 Å². The smallest absolute Gasteiger partial charge is 0.229 e. The maximum atomic E-state index is 12.8. The van der Waals surface area contributed by atoms with E-state index in [1.165, 1.54) is 12.1 Å². The van der Waals surface area contributed by atoms with E-state index < -0.39 is 9.75 Å². The molecule has 0 spiro atoms. The first kappa shape index (κ1) is 17.4. The number of carbonyl (C=O) groups is 1. The summed E-state index contributed by atoms with van der Waals surface area (Å²) < 4.78 is 17.3. The SMILES string of the molecule is CC[C@]1(C(=O)N[C@H](C)COc2ccc(F)cc2)[C@@H](C)C1(Cl)Cl. The van der Waals surface area contributed by atoms with Gasteiger partial charge in [-0.1, -0.05) is 13.8 Å². The van der Waals surface area contributed by atoms with Crippen LogP contribution < -0.4 is 10.1 Å². The fourth-order valence-corrected chi connectivity index (χ4v) is 3.87. The van der Waals surface area contributed by atoms with Crippen LogP contribution in [0.4, 0.5) is 4.39 Å². The van der Waals surface area contributed by atoms with Crippen LogP contribution in [0.5, 0.6) is 5.75 Å². The van der Waals surface area contributed by atoms with Gasteiger partial charge in [0.15, 0.2) is 0 Å². The average Bonchev–Trinajstić information content (AvgIpc) is 2.92. The van der Waals surface area contributed by atoms with Gasteiger partial charge in [-0.05, 0) is 37.6 Å². The summed E-state index contributed by atoms with van der Waals surface area (Å²) in [5.41, 5.74) is -0.736. The number of ether oxygens (including phenoxy) is 1. The Morgan fingerprint density at radius 1 is 1.41 bits per heavy atom. The summed E-state index contributed by atoms with van der Waals surface area (Å²) in [7, 11) is 0. The summed E-state index contributed by atoms with van der Waals surface area (Å²) in [6.45, 7) is 5.90. The molecule has 1 fully saturated rings. The highest BCUT2D eigenvalue weighted by molar-refractivity contribution is 6.53. The number of rotatable bonds is 6. The van der Waals surface area contributed by atoms with Crippen molar-refractivity contribution in [3.05, 3.63) is 30.1 Å². The zero-order chi connectivity index (χ0) is 16.5. The Balaban J connectivity index is 1.88. The molecule has 2 rings (SSSR count). The van der Waals surface area contributed by atoms with E-state index in [-0.39, 0.29) is 30.3 Å². The first-order chi connectivity index (χ1) is 10.3. The lowest BCUT2D eigenvalue weighted by Crippen LogP contribution is -2.43. The lowest BCUT2D eigenvalue weighted by molar-refractivity contribution is -0.127. The zero-order valence-electron chi connectivity index (χ0n) is 12.8. The molecule has 1 aliphatic rings.